The molecule has 0 radical (unpaired) electrons. The number of aryl methyl sites for hydroxylation is 1. The predicted octanol–water partition coefficient (Wildman–Crippen LogP) is 4.60. The molecule has 1 atom stereocenters. The molecule has 0 bridgehead atoms. The van der Waals surface area contributed by atoms with E-state index in [0.717, 1.165) is 22.9 Å². The van der Waals surface area contributed by atoms with E-state index in [2.05, 4.69) is 4.98 Å². The van der Waals surface area contributed by atoms with Gasteiger partial charge in [0.2, 0.25) is 0 Å². The average Bonchev–Trinajstić information content (AvgIpc) is 2.65. The number of rotatable bonds is 1. The van der Waals surface area contributed by atoms with Gasteiger partial charge in [0.25, 0.3) is 5.56 Å². The Hall–Kier alpha value is -2.95. The molecule has 0 spiro atoms. The minimum Gasteiger partial charge on any atom is -0.465 e. The van der Waals surface area contributed by atoms with E-state index in [1.807, 2.05) is 45.0 Å². The van der Waals surface area contributed by atoms with Crippen LogP contribution in [0.1, 0.15) is 63.0 Å². The third-order valence-electron chi connectivity index (χ3n) is 6.45. The van der Waals surface area contributed by atoms with E-state index in [4.69, 9.17) is 4.74 Å². The highest BCUT2D eigenvalue weighted by Gasteiger charge is 2.46. The Bertz CT molecular complexity index is 1240. The van der Waals surface area contributed by atoms with Gasteiger partial charge >= 0.3 is 0 Å². The Morgan fingerprint density at radius 3 is 2.53 bits per heavy atom. The number of benzene rings is 1. The number of aromatic amines is 1. The highest BCUT2D eigenvalue weighted by Crippen LogP contribution is 2.50. The number of ether oxygens (including phenoxy) is 1. The number of aromatic nitrogens is 1. The zero-order chi connectivity index (χ0) is 21.2. The van der Waals surface area contributed by atoms with Gasteiger partial charge in [0.05, 0.1) is 5.92 Å². The van der Waals surface area contributed by atoms with Crippen LogP contribution in [0.4, 0.5) is 0 Å². The molecule has 0 saturated carbocycles. The maximum absolute atomic E-state index is 13.2. The lowest BCUT2D eigenvalue weighted by molar-refractivity contribution is -0.119. The normalized spacial score (nSPS) is 23.4. The summed E-state index contributed by atoms with van der Waals surface area (Å²) in [5.74, 6) is 0.588. The first-order valence-electron chi connectivity index (χ1n) is 10.6. The second-order valence-electron chi connectivity index (χ2n) is 9.57. The number of ketones is 2. The lowest BCUT2D eigenvalue weighted by atomic mass is 9.68. The molecule has 1 N–H and O–H groups in total. The summed E-state index contributed by atoms with van der Waals surface area (Å²) >= 11 is 0. The van der Waals surface area contributed by atoms with Crippen molar-refractivity contribution in [1.29, 1.82) is 0 Å². The maximum Gasteiger partial charge on any atom is 0.252 e. The molecule has 5 heteroatoms. The highest BCUT2D eigenvalue weighted by atomic mass is 16.5. The van der Waals surface area contributed by atoms with E-state index in [0.29, 0.717) is 53.9 Å². The summed E-state index contributed by atoms with van der Waals surface area (Å²) in [5.41, 5.74) is 2.81. The van der Waals surface area contributed by atoms with Crippen molar-refractivity contribution in [2.45, 2.75) is 58.8 Å². The lowest BCUT2D eigenvalue weighted by Crippen LogP contribution is -2.36. The van der Waals surface area contributed by atoms with Crippen molar-refractivity contribution in [3.05, 3.63) is 68.4 Å². The van der Waals surface area contributed by atoms with Crippen LogP contribution in [0.25, 0.3) is 10.9 Å². The van der Waals surface area contributed by atoms with Gasteiger partial charge in [-0.2, -0.15) is 0 Å². The van der Waals surface area contributed by atoms with Gasteiger partial charge < -0.3 is 9.72 Å². The van der Waals surface area contributed by atoms with Gasteiger partial charge in [0, 0.05) is 47.9 Å². The third-order valence-corrected chi connectivity index (χ3v) is 6.45. The molecule has 1 aliphatic heterocycles. The average molecular weight is 403 g/mol. The number of pyridine rings is 1. The van der Waals surface area contributed by atoms with Gasteiger partial charge in [-0.15, -0.1) is 0 Å². The van der Waals surface area contributed by atoms with Crippen molar-refractivity contribution in [3.63, 3.8) is 0 Å². The number of hydrogen-bond donors (Lipinski definition) is 1. The molecule has 5 nitrogen and oxygen atoms in total. The SMILES string of the molecule is Cc1ccc2cc(C3C4=C(CCCC4=O)OC4=C3C(=O)CC(C)(C)C4)c(=O)[nH]c2c1. The van der Waals surface area contributed by atoms with Crippen molar-refractivity contribution in [2.75, 3.05) is 0 Å². The summed E-state index contributed by atoms with van der Waals surface area (Å²) in [5, 5.41) is 0.887. The van der Waals surface area contributed by atoms with Crippen molar-refractivity contribution in [3.8, 4) is 0 Å². The van der Waals surface area contributed by atoms with E-state index in [9.17, 15) is 14.4 Å². The zero-order valence-electron chi connectivity index (χ0n) is 17.6. The summed E-state index contributed by atoms with van der Waals surface area (Å²) in [7, 11) is 0. The first kappa shape index (κ1) is 19.0. The number of allylic oxidation sites excluding steroid dienone is 4. The highest BCUT2D eigenvalue weighted by molar-refractivity contribution is 6.06. The van der Waals surface area contributed by atoms with E-state index < -0.39 is 5.92 Å². The number of carbonyl (C=O) groups excluding carboxylic acids is 2. The Morgan fingerprint density at radius 1 is 0.967 bits per heavy atom. The van der Waals surface area contributed by atoms with Gasteiger partial charge in [-0.05, 0) is 41.8 Å². The van der Waals surface area contributed by atoms with Crippen LogP contribution in [-0.2, 0) is 14.3 Å². The van der Waals surface area contributed by atoms with Crippen LogP contribution in [0.2, 0.25) is 0 Å². The first-order valence-corrected chi connectivity index (χ1v) is 10.6. The molecule has 0 amide bonds. The molecular formula is C25H25NO4. The molecule has 154 valence electrons. The fraction of sp³-hybridized carbons (Fsp3) is 0.400. The first-order chi connectivity index (χ1) is 14.2. The molecule has 3 aliphatic rings. The summed E-state index contributed by atoms with van der Waals surface area (Å²) in [6.07, 6.45) is 2.82. The lowest BCUT2D eigenvalue weighted by Gasteiger charge is -2.39. The number of H-pyrrole nitrogens is 1. The van der Waals surface area contributed by atoms with E-state index in [1.54, 1.807) is 0 Å². The third kappa shape index (κ3) is 2.95. The van der Waals surface area contributed by atoms with Crippen LogP contribution < -0.4 is 5.56 Å². The maximum atomic E-state index is 13.2. The van der Waals surface area contributed by atoms with Crippen LogP contribution in [-0.4, -0.2) is 16.6 Å². The predicted molar refractivity (Wildman–Crippen MR) is 114 cm³/mol. The second kappa shape index (κ2) is 6.53. The number of Topliss-reactive ketones (excluding diaryl/α,β-unsaturated/α-hetero) is 2. The monoisotopic (exact) mass is 403 g/mol. The summed E-state index contributed by atoms with van der Waals surface area (Å²) in [6, 6.07) is 7.72. The van der Waals surface area contributed by atoms with Crippen LogP contribution in [0.15, 0.2) is 51.7 Å². The number of fused-ring (bicyclic) bond motifs is 1. The molecule has 5 rings (SSSR count). The largest absolute Gasteiger partial charge is 0.465 e. The Morgan fingerprint density at radius 2 is 1.73 bits per heavy atom. The number of nitrogens with one attached hydrogen (secondary N) is 1. The summed E-state index contributed by atoms with van der Waals surface area (Å²) in [4.78, 5) is 42.3. The molecule has 0 fully saturated rings. The summed E-state index contributed by atoms with van der Waals surface area (Å²) in [6.45, 7) is 6.07. The molecule has 1 aromatic heterocycles. The molecule has 30 heavy (non-hydrogen) atoms. The van der Waals surface area contributed by atoms with Crippen molar-refractivity contribution < 1.29 is 14.3 Å². The Balaban J connectivity index is 1.77. The van der Waals surface area contributed by atoms with Crippen LogP contribution in [0, 0.1) is 12.3 Å². The van der Waals surface area contributed by atoms with Crippen LogP contribution in [0.3, 0.4) is 0 Å². The molecule has 2 aromatic rings. The fourth-order valence-electron chi connectivity index (χ4n) is 5.10. The van der Waals surface area contributed by atoms with Crippen molar-refractivity contribution in [1.82, 2.24) is 4.98 Å². The van der Waals surface area contributed by atoms with Crippen LogP contribution in [0.5, 0.6) is 0 Å². The van der Waals surface area contributed by atoms with Gasteiger partial charge in [-0.3, -0.25) is 14.4 Å². The van der Waals surface area contributed by atoms with Crippen molar-refractivity contribution in [2.24, 2.45) is 5.41 Å². The second-order valence-corrected chi connectivity index (χ2v) is 9.57. The number of carbonyl (C=O) groups is 2. The molecule has 1 unspecified atom stereocenters. The van der Waals surface area contributed by atoms with Gasteiger partial charge in [-0.1, -0.05) is 26.0 Å². The quantitative estimate of drug-likeness (QED) is 0.755. The Kier molecular flexibility index (Phi) is 4.14. The van der Waals surface area contributed by atoms with E-state index in [1.165, 1.54) is 0 Å². The van der Waals surface area contributed by atoms with E-state index >= 15 is 0 Å². The molecule has 0 saturated heterocycles. The molecule has 2 aliphatic carbocycles. The smallest absolute Gasteiger partial charge is 0.252 e. The van der Waals surface area contributed by atoms with Crippen LogP contribution >= 0.6 is 0 Å². The number of hydrogen-bond acceptors (Lipinski definition) is 4. The Labute approximate surface area is 174 Å². The fourth-order valence-corrected chi connectivity index (χ4v) is 5.10. The topological polar surface area (TPSA) is 76.2 Å². The molecule has 1 aromatic carbocycles. The van der Waals surface area contributed by atoms with E-state index in [-0.39, 0.29) is 22.5 Å². The minimum absolute atomic E-state index is 0.0196. The molecule has 2 heterocycles. The van der Waals surface area contributed by atoms with Gasteiger partial charge in [-0.25, -0.2) is 0 Å². The molecular weight excluding hydrogens is 378 g/mol. The summed E-state index contributed by atoms with van der Waals surface area (Å²) < 4.78 is 6.17. The standard InChI is InChI=1S/C25H25NO4/c1-13-7-8-14-10-15(24(29)26-16(14)9-13)21-22-17(27)5-4-6-19(22)30-20-12-25(2,3)11-18(28)23(20)21/h7-10,21H,4-6,11-12H2,1-3H3,(H,26,29). The zero-order valence-corrected chi connectivity index (χ0v) is 17.6. The minimum atomic E-state index is -0.644. The van der Waals surface area contributed by atoms with Gasteiger partial charge in [0.1, 0.15) is 11.5 Å². The van der Waals surface area contributed by atoms with Crippen molar-refractivity contribution >= 4 is 22.5 Å². The van der Waals surface area contributed by atoms with Gasteiger partial charge in [0.15, 0.2) is 11.6 Å².